The van der Waals surface area contributed by atoms with Gasteiger partial charge in [-0.25, -0.2) is 9.78 Å². The molecular weight excluding hydrogens is 362 g/mol. The molecule has 0 spiro atoms. The Balaban J connectivity index is 1.85. The number of amides is 1. The fraction of sp³-hybridized carbons (Fsp3) is 0.200. The zero-order chi connectivity index (χ0) is 20.4. The van der Waals surface area contributed by atoms with Crippen LogP contribution >= 0.6 is 0 Å². The lowest BCUT2D eigenvalue weighted by Crippen LogP contribution is -2.28. The van der Waals surface area contributed by atoms with Crippen LogP contribution in [0.1, 0.15) is 56.8 Å². The number of ether oxygens (including phenoxy) is 1. The van der Waals surface area contributed by atoms with Crippen LogP contribution in [0, 0.1) is 0 Å². The van der Waals surface area contributed by atoms with Gasteiger partial charge in [0.1, 0.15) is 5.69 Å². The summed E-state index contributed by atoms with van der Waals surface area (Å²) in [5, 5.41) is 12.7. The van der Waals surface area contributed by atoms with Crippen LogP contribution < -0.4 is 5.32 Å². The molecule has 0 aliphatic rings. The number of methoxy groups -OCH3 is 1. The van der Waals surface area contributed by atoms with Crippen LogP contribution in [0.15, 0.2) is 42.6 Å². The molecule has 0 aliphatic heterocycles. The Kier molecular flexibility index (Phi) is 5.12. The van der Waals surface area contributed by atoms with Crippen molar-refractivity contribution >= 4 is 23.3 Å². The summed E-state index contributed by atoms with van der Waals surface area (Å²) in [6.07, 6.45) is 1.52. The van der Waals surface area contributed by atoms with E-state index in [4.69, 9.17) is 0 Å². The van der Waals surface area contributed by atoms with Crippen molar-refractivity contribution in [2.45, 2.75) is 19.9 Å². The summed E-state index contributed by atoms with van der Waals surface area (Å²) in [6, 6.07) is 9.07. The van der Waals surface area contributed by atoms with E-state index >= 15 is 0 Å². The maximum atomic E-state index is 12.7. The van der Waals surface area contributed by atoms with E-state index in [1.807, 2.05) is 0 Å². The fourth-order valence-corrected chi connectivity index (χ4v) is 2.83. The SMILES string of the molecule is COC(=O)c1ccc([C@H](C)NC(=O)c2cc(C(C)=O)n3ccc(O)c3n2)cc1. The first-order valence-electron chi connectivity index (χ1n) is 8.53. The molecule has 2 heterocycles. The second-order valence-electron chi connectivity index (χ2n) is 6.29. The molecule has 3 aromatic rings. The summed E-state index contributed by atoms with van der Waals surface area (Å²) in [5.74, 6) is -1.31. The third-order valence-electron chi connectivity index (χ3n) is 4.37. The first kappa shape index (κ1) is 19.1. The third kappa shape index (κ3) is 3.57. The number of carbonyl (C=O) groups excluding carboxylic acids is 3. The Hall–Kier alpha value is -3.68. The summed E-state index contributed by atoms with van der Waals surface area (Å²) in [7, 11) is 1.31. The minimum Gasteiger partial charge on any atom is -0.504 e. The molecule has 2 N–H and O–H groups in total. The minimum atomic E-state index is -0.491. The number of ketones is 1. The molecule has 1 atom stereocenters. The largest absolute Gasteiger partial charge is 0.504 e. The molecule has 0 radical (unpaired) electrons. The smallest absolute Gasteiger partial charge is 0.337 e. The molecule has 8 heteroatoms. The van der Waals surface area contributed by atoms with Gasteiger partial charge in [0.15, 0.2) is 17.2 Å². The number of esters is 1. The number of hydrogen-bond acceptors (Lipinski definition) is 6. The van der Waals surface area contributed by atoms with Crippen LogP contribution in [0.5, 0.6) is 5.75 Å². The van der Waals surface area contributed by atoms with E-state index in [-0.39, 0.29) is 34.6 Å². The number of aromatic hydroxyl groups is 1. The molecule has 144 valence electrons. The van der Waals surface area contributed by atoms with Crippen LogP contribution in [0.4, 0.5) is 0 Å². The summed E-state index contributed by atoms with van der Waals surface area (Å²) < 4.78 is 6.09. The van der Waals surface area contributed by atoms with Gasteiger partial charge < -0.3 is 15.2 Å². The van der Waals surface area contributed by atoms with Gasteiger partial charge in [-0.15, -0.1) is 0 Å². The summed E-state index contributed by atoms with van der Waals surface area (Å²) in [5.41, 5.74) is 1.58. The molecule has 8 nitrogen and oxygen atoms in total. The lowest BCUT2D eigenvalue weighted by molar-refractivity contribution is 0.0600. The molecule has 0 saturated carbocycles. The van der Waals surface area contributed by atoms with Gasteiger partial charge in [0.2, 0.25) is 0 Å². The van der Waals surface area contributed by atoms with Gasteiger partial charge in [-0.2, -0.15) is 0 Å². The van der Waals surface area contributed by atoms with Crippen molar-refractivity contribution in [2.24, 2.45) is 0 Å². The second-order valence-corrected chi connectivity index (χ2v) is 6.29. The number of rotatable bonds is 5. The van der Waals surface area contributed by atoms with Crippen LogP contribution in [0.2, 0.25) is 0 Å². The Morgan fingerprint density at radius 2 is 1.86 bits per heavy atom. The van der Waals surface area contributed by atoms with E-state index in [1.165, 1.54) is 36.8 Å². The van der Waals surface area contributed by atoms with Crippen molar-refractivity contribution in [3.63, 3.8) is 0 Å². The van der Waals surface area contributed by atoms with E-state index < -0.39 is 11.9 Å². The maximum Gasteiger partial charge on any atom is 0.337 e. The lowest BCUT2D eigenvalue weighted by Gasteiger charge is -2.15. The molecule has 0 saturated heterocycles. The summed E-state index contributed by atoms with van der Waals surface area (Å²) in [6.45, 7) is 3.16. The predicted octanol–water partition coefficient (Wildman–Crippen LogP) is 2.52. The summed E-state index contributed by atoms with van der Waals surface area (Å²) in [4.78, 5) is 40.2. The average molecular weight is 381 g/mol. The normalized spacial score (nSPS) is 11.8. The molecule has 0 fully saturated rings. The molecule has 1 amide bonds. The Labute approximate surface area is 160 Å². The second kappa shape index (κ2) is 7.51. The van der Waals surface area contributed by atoms with Crippen molar-refractivity contribution in [1.29, 1.82) is 0 Å². The lowest BCUT2D eigenvalue weighted by atomic mass is 10.1. The Morgan fingerprint density at radius 3 is 2.46 bits per heavy atom. The van der Waals surface area contributed by atoms with Crippen molar-refractivity contribution in [2.75, 3.05) is 7.11 Å². The number of benzene rings is 1. The average Bonchev–Trinajstić information content (AvgIpc) is 3.07. The summed E-state index contributed by atoms with van der Waals surface area (Å²) >= 11 is 0. The zero-order valence-electron chi connectivity index (χ0n) is 15.6. The van der Waals surface area contributed by atoms with Crippen LogP contribution in [0.25, 0.3) is 5.65 Å². The first-order valence-corrected chi connectivity index (χ1v) is 8.53. The molecule has 0 bridgehead atoms. The van der Waals surface area contributed by atoms with Crippen LogP contribution in [-0.2, 0) is 4.74 Å². The number of aromatic nitrogens is 2. The molecule has 2 aromatic heterocycles. The van der Waals surface area contributed by atoms with Crippen LogP contribution in [-0.4, -0.2) is 39.3 Å². The van der Waals surface area contributed by atoms with E-state index in [2.05, 4.69) is 15.0 Å². The van der Waals surface area contributed by atoms with E-state index in [0.717, 1.165) is 5.56 Å². The number of carbonyl (C=O) groups is 3. The van der Waals surface area contributed by atoms with Gasteiger partial charge in [0, 0.05) is 19.2 Å². The van der Waals surface area contributed by atoms with Gasteiger partial charge in [-0.3, -0.25) is 14.0 Å². The van der Waals surface area contributed by atoms with Gasteiger partial charge in [-0.1, -0.05) is 12.1 Å². The standard InChI is InChI=1S/C20H19N3O5/c1-11(13-4-6-14(7-5-13)20(27)28-3)21-19(26)15-10-16(12(2)24)23-9-8-17(25)18(23)22-15/h4-11,25H,1-3H3,(H,21,26)/t11-/m0/s1. The highest BCUT2D eigenvalue weighted by Crippen LogP contribution is 2.21. The van der Waals surface area contributed by atoms with Crippen molar-refractivity contribution < 1.29 is 24.2 Å². The number of Topliss-reactive ketones (excluding diaryl/α,β-unsaturated/α-hetero) is 1. The Bertz CT molecular complexity index is 1070. The van der Waals surface area contributed by atoms with Crippen molar-refractivity contribution in [1.82, 2.24) is 14.7 Å². The third-order valence-corrected chi connectivity index (χ3v) is 4.37. The molecule has 3 rings (SSSR count). The minimum absolute atomic E-state index is 0.0183. The molecule has 0 unspecified atom stereocenters. The predicted molar refractivity (Wildman–Crippen MR) is 101 cm³/mol. The van der Waals surface area contributed by atoms with Gasteiger partial charge in [0.05, 0.1) is 24.4 Å². The van der Waals surface area contributed by atoms with Gasteiger partial charge >= 0.3 is 5.97 Å². The molecular formula is C20H19N3O5. The first-order chi connectivity index (χ1) is 13.3. The number of nitrogens with zero attached hydrogens (tertiary/aromatic N) is 2. The van der Waals surface area contributed by atoms with E-state index in [1.54, 1.807) is 31.2 Å². The highest BCUT2D eigenvalue weighted by atomic mass is 16.5. The van der Waals surface area contributed by atoms with Gasteiger partial charge in [0.25, 0.3) is 5.91 Å². The van der Waals surface area contributed by atoms with Crippen molar-refractivity contribution in [3.8, 4) is 5.75 Å². The zero-order valence-corrected chi connectivity index (χ0v) is 15.6. The highest BCUT2D eigenvalue weighted by molar-refractivity contribution is 5.98. The molecule has 0 aliphatic carbocycles. The number of nitrogens with one attached hydrogen (secondary N) is 1. The maximum absolute atomic E-state index is 12.7. The van der Waals surface area contributed by atoms with Crippen molar-refractivity contribution in [3.05, 3.63) is 65.1 Å². The Morgan fingerprint density at radius 1 is 1.18 bits per heavy atom. The molecule has 1 aromatic carbocycles. The number of hydrogen-bond donors (Lipinski definition) is 2. The fourth-order valence-electron chi connectivity index (χ4n) is 2.83. The monoisotopic (exact) mass is 381 g/mol. The van der Waals surface area contributed by atoms with Gasteiger partial charge in [-0.05, 0) is 30.7 Å². The highest BCUT2D eigenvalue weighted by Gasteiger charge is 2.18. The van der Waals surface area contributed by atoms with E-state index in [0.29, 0.717) is 5.56 Å². The van der Waals surface area contributed by atoms with E-state index in [9.17, 15) is 19.5 Å². The molecule has 28 heavy (non-hydrogen) atoms. The number of fused-ring (bicyclic) bond motifs is 1. The van der Waals surface area contributed by atoms with Crippen LogP contribution in [0.3, 0.4) is 0 Å². The topological polar surface area (TPSA) is 110 Å². The quantitative estimate of drug-likeness (QED) is 0.519.